The summed E-state index contributed by atoms with van der Waals surface area (Å²) in [6.07, 6.45) is 3.01. The number of rotatable bonds is 1. The van der Waals surface area contributed by atoms with E-state index in [-0.39, 0.29) is 5.54 Å². The molecule has 0 spiro atoms. The quantitative estimate of drug-likeness (QED) is 0.560. The van der Waals surface area contributed by atoms with Crippen molar-refractivity contribution in [3.05, 3.63) is 35.9 Å². The van der Waals surface area contributed by atoms with Crippen LogP contribution in [0.4, 0.5) is 0 Å². The van der Waals surface area contributed by atoms with Crippen LogP contribution >= 0.6 is 0 Å². The summed E-state index contributed by atoms with van der Waals surface area (Å²) in [6, 6.07) is 9.95. The van der Waals surface area contributed by atoms with Gasteiger partial charge in [0, 0.05) is 5.56 Å². The fourth-order valence-electron chi connectivity index (χ4n) is 0.745. The Morgan fingerprint density at radius 3 is 2.17 bits per heavy atom. The van der Waals surface area contributed by atoms with Gasteiger partial charge in [-0.2, -0.15) is 0 Å². The molecule has 1 radical (unpaired) electrons. The average molecular weight is 160 g/mol. The summed E-state index contributed by atoms with van der Waals surface area (Å²) in [5.41, 5.74) is 1.00. The summed E-state index contributed by atoms with van der Waals surface area (Å²) in [6.45, 7) is 6.18. The highest BCUT2D eigenvalue weighted by atomic mass is 14.8. The first-order valence-corrected chi connectivity index (χ1v) is 4.11. The van der Waals surface area contributed by atoms with Gasteiger partial charge in [-0.3, -0.25) is 4.99 Å². The summed E-state index contributed by atoms with van der Waals surface area (Å²) in [5.74, 6) is 0. The molecule has 0 aromatic heterocycles. The Bertz CT molecular complexity index is 254. The molecule has 1 nitrogen and oxygen atoms in total. The Morgan fingerprint density at radius 1 is 1.08 bits per heavy atom. The van der Waals surface area contributed by atoms with Crippen LogP contribution in [0.3, 0.4) is 0 Å². The average Bonchev–Trinajstić information content (AvgIpc) is 2.02. The van der Waals surface area contributed by atoms with E-state index < -0.39 is 0 Å². The van der Waals surface area contributed by atoms with Gasteiger partial charge < -0.3 is 0 Å². The molecule has 0 saturated heterocycles. The second-order valence-electron chi connectivity index (χ2n) is 3.76. The first-order chi connectivity index (χ1) is 5.58. The van der Waals surface area contributed by atoms with Gasteiger partial charge in [0.15, 0.2) is 0 Å². The number of hydrogen-bond donors (Lipinski definition) is 0. The maximum Gasteiger partial charge on any atom is 0.0911 e. The van der Waals surface area contributed by atoms with Crippen molar-refractivity contribution in [2.24, 2.45) is 4.99 Å². The smallest absolute Gasteiger partial charge is 0.0911 e. The molecule has 0 aliphatic carbocycles. The molecule has 0 saturated carbocycles. The molecule has 1 aromatic rings. The van der Waals surface area contributed by atoms with Crippen LogP contribution in [0.1, 0.15) is 26.3 Å². The third-order valence-corrected chi connectivity index (χ3v) is 1.29. The van der Waals surface area contributed by atoms with Gasteiger partial charge in [-0.1, -0.05) is 30.3 Å². The number of nitrogens with zero attached hydrogens (tertiary/aromatic N) is 1. The lowest BCUT2D eigenvalue weighted by molar-refractivity contribution is 0.586. The van der Waals surface area contributed by atoms with Gasteiger partial charge in [0.1, 0.15) is 0 Å². The molecule has 0 unspecified atom stereocenters. The molecule has 12 heavy (non-hydrogen) atoms. The summed E-state index contributed by atoms with van der Waals surface area (Å²) in [7, 11) is 0. The van der Waals surface area contributed by atoms with Crippen LogP contribution in [0, 0.1) is 0 Å². The third kappa shape index (κ3) is 3.33. The summed E-state index contributed by atoms with van der Waals surface area (Å²) in [4.78, 5) is 4.28. The topological polar surface area (TPSA) is 12.4 Å². The van der Waals surface area contributed by atoms with Gasteiger partial charge in [-0.15, -0.1) is 0 Å². The minimum atomic E-state index is -0.0319. The maximum absolute atomic E-state index is 4.28. The summed E-state index contributed by atoms with van der Waals surface area (Å²) >= 11 is 0. The Morgan fingerprint density at radius 2 is 1.67 bits per heavy atom. The zero-order valence-corrected chi connectivity index (χ0v) is 7.83. The molecule has 0 heterocycles. The van der Waals surface area contributed by atoms with Crippen LogP contribution in [0.25, 0.3) is 0 Å². The Labute approximate surface area is 74.2 Å². The molecular formula is C11H14N. The summed E-state index contributed by atoms with van der Waals surface area (Å²) in [5, 5.41) is 0. The Kier molecular flexibility index (Phi) is 2.64. The van der Waals surface area contributed by atoms with E-state index in [9.17, 15) is 0 Å². The lowest BCUT2D eigenvalue weighted by Crippen LogP contribution is -2.09. The molecule has 1 heteroatoms. The molecular weight excluding hydrogens is 146 g/mol. The van der Waals surface area contributed by atoms with Crippen molar-refractivity contribution in [1.29, 1.82) is 0 Å². The molecule has 63 valence electrons. The highest BCUT2D eigenvalue weighted by Crippen LogP contribution is 2.06. The molecule has 0 bridgehead atoms. The highest BCUT2D eigenvalue weighted by molar-refractivity contribution is 5.79. The minimum Gasteiger partial charge on any atom is -0.277 e. The normalized spacial score (nSPS) is 12.2. The summed E-state index contributed by atoms with van der Waals surface area (Å²) < 4.78 is 0. The van der Waals surface area contributed by atoms with Crippen molar-refractivity contribution >= 4 is 6.21 Å². The molecule has 0 aliphatic heterocycles. The number of aliphatic imine (C=N–C) groups is 1. The van der Waals surface area contributed by atoms with Crippen molar-refractivity contribution in [3.8, 4) is 0 Å². The van der Waals surface area contributed by atoms with Crippen LogP contribution < -0.4 is 0 Å². The molecule has 1 rings (SSSR count). The zero-order valence-electron chi connectivity index (χ0n) is 7.83. The van der Waals surface area contributed by atoms with E-state index in [1.165, 1.54) is 0 Å². The van der Waals surface area contributed by atoms with E-state index in [2.05, 4.69) is 32.0 Å². The van der Waals surface area contributed by atoms with Crippen molar-refractivity contribution < 1.29 is 0 Å². The van der Waals surface area contributed by atoms with E-state index in [0.29, 0.717) is 0 Å². The largest absolute Gasteiger partial charge is 0.277 e. The third-order valence-electron chi connectivity index (χ3n) is 1.29. The van der Waals surface area contributed by atoms with Crippen LogP contribution in [0.5, 0.6) is 0 Å². The van der Waals surface area contributed by atoms with Gasteiger partial charge in [-0.25, -0.2) is 0 Å². The van der Waals surface area contributed by atoms with Gasteiger partial charge in [0.2, 0.25) is 0 Å². The van der Waals surface area contributed by atoms with E-state index in [0.717, 1.165) is 5.56 Å². The minimum absolute atomic E-state index is 0.0319. The van der Waals surface area contributed by atoms with Crippen molar-refractivity contribution in [1.82, 2.24) is 0 Å². The predicted octanol–water partition coefficient (Wildman–Crippen LogP) is 2.78. The van der Waals surface area contributed by atoms with E-state index in [1.807, 2.05) is 30.3 Å². The van der Waals surface area contributed by atoms with Crippen molar-refractivity contribution in [3.63, 3.8) is 0 Å². The monoisotopic (exact) mass is 160 g/mol. The second-order valence-corrected chi connectivity index (χ2v) is 3.76. The zero-order chi connectivity index (χ0) is 9.03. The SMILES string of the molecule is CC(C)(C)N=[C]c1ccccc1. The van der Waals surface area contributed by atoms with Crippen LogP contribution in [-0.2, 0) is 0 Å². The van der Waals surface area contributed by atoms with E-state index in [4.69, 9.17) is 0 Å². The van der Waals surface area contributed by atoms with Gasteiger partial charge >= 0.3 is 0 Å². The lowest BCUT2D eigenvalue weighted by Gasteiger charge is -2.09. The van der Waals surface area contributed by atoms with Gasteiger partial charge in [0.25, 0.3) is 0 Å². The van der Waals surface area contributed by atoms with Crippen LogP contribution in [0.2, 0.25) is 0 Å². The van der Waals surface area contributed by atoms with Crippen LogP contribution in [-0.4, -0.2) is 11.8 Å². The Hall–Kier alpha value is -1.11. The Balaban J connectivity index is 2.71. The first kappa shape index (κ1) is 8.98. The molecule has 1 aromatic carbocycles. The number of benzene rings is 1. The maximum atomic E-state index is 4.28. The molecule has 0 fully saturated rings. The fraction of sp³-hybridized carbons (Fsp3) is 0.364. The predicted molar refractivity (Wildman–Crippen MR) is 52.7 cm³/mol. The van der Waals surface area contributed by atoms with Crippen LogP contribution in [0.15, 0.2) is 35.3 Å². The lowest BCUT2D eigenvalue weighted by atomic mass is 10.1. The second kappa shape index (κ2) is 3.53. The van der Waals surface area contributed by atoms with E-state index in [1.54, 1.807) is 0 Å². The fourth-order valence-corrected chi connectivity index (χ4v) is 0.745. The highest BCUT2D eigenvalue weighted by Gasteiger charge is 2.04. The van der Waals surface area contributed by atoms with Gasteiger partial charge in [-0.05, 0) is 20.8 Å². The van der Waals surface area contributed by atoms with Crippen molar-refractivity contribution in [2.75, 3.05) is 0 Å². The standard InChI is InChI=1S/C11H14N/c1-11(2,3)12-9-10-7-5-4-6-8-10/h4-8H,1-3H3. The number of hydrogen-bond acceptors (Lipinski definition) is 1. The molecule has 0 atom stereocenters. The first-order valence-electron chi connectivity index (χ1n) is 4.11. The molecule has 0 N–H and O–H groups in total. The van der Waals surface area contributed by atoms with E-state index >= 15 is 0 Å². The molecule has 0 aliphatic rings. The van der Waals surface area contributed by atoms with Gasteiger partial charge in [0.05, 0.1) is 11.8 Å². The van der Waals surface area contributed by atoms with Crippen molar-refractivity contribution in [2.45, 2.75) is 26.3 Å². The molecule has 0 amide bonds.